The van der Waals surface area contributed by atoms with Crippen molar-refractivity contribution in [2.24, 2.45) is 5.73 Å². The van der Waals surface area contributed by atoms with Crippen molar-refractivity contribution in [2.75, 3.05) is 6.54 Å². The molecule has 3 N–H and O–H groups in total. The number of nitrogens with one attached hydrogen (secondary N) is 1. The number of nitrogens with zero attached hydrogens (tertiary/aromatic N) is 1. The van der Waals surface area contributed by atoms with Gasteiger partial charge in [-0.05, 0) is 18.4 Å². The average Bonchev–Trinajstić information content (AvgIpc) is 2.45. The van der Waals surface area contributed by atoms with Crippen LogP contribution in [-0.2, 0) is 15.8 Å². The summed E-state index contributed by atoms with van der Waals surface area (Å²) in [5.74, 6) is -0.229. The summed E-state index contributed by atoms with van der Waals surface area (Å²) < 4.78 is 27.1. The average molecular weight is 352 g/mol. The number of nitro benzene ring substituents is 1. The lowest BCUT2D eigenvalue weighted by Crippen LogP contribution is -2.53. The predicted molar refractivity (Wildman–Crippen MR) is 88.5 cm³/mol. The van der Waals surface area contributed by atoms with Crippen LogP contribution in [0.2, 0.25) is 0 Å². The molecular formula is C13H22ClN3O4S. The van der Waals surface area contributed by atoms with Crippen LogP contribution in [0.4, 0.5) is 5.69 Å². The monoisotopic (exact) mass is 351 g/mol. The maximum absolute atomic E-state index is 12.2. The van der Waals surface area contributed by atoms with Gasteiger partial charge in [-0.3, -0.25) is 10.1 Å². The van der Waals surface area contributed by atoms with Gasteiger partial charge in [-0.2, -0.15) is 0 Å². The van der Waals surface area contributed by atoms with Crippen molar-refractivity contribution in [2.45, 2.75) is 38.0 Å². The summed E-state index contributed by atoms with van der Waals surface area (Å²) in [6.07, 6.45) is 1.19. The van der Waals surface area contributed by atoms with Gasteiger partial charge in [0.2, 0.25) is 10.0 Å². The van der Waals surface area contributed by atoms with Crippen molar-refractivity contribution in [3.8, 4) is 0 Å². The first kappa shape index (κ1) is 20.8. The number of non-ortho nitro benzene ring substituents is 1. The summed E-state index contributed by atoms with van der Waals surface area (Å²) in [7, 11) is -3.56. The Kier molecular flexibility index (Phi) is 7.96. The number of benzene rings is 1. The molecule has 0 spiro atoms. The largest absolute Gasteiger partial charge is 0.329 e. The molecule has 0 aliphatic carbocycles. The van der Waals surface area contributed by atoms with Gasteiger partial charge in [-0.1, -0.05) is 26.0 Å². The molecule has 0 amide bonds. The van der Waals surface area contributed by atoms with Gasteiger partial charge in [-0.25, -0.2) is 13.1 Å². The summed E-state index contributed by atoms with van der Waals surface area (Å²) in [6.45, 7) is 3.98. The molecule has 0 unspecified atom stereocenters. The van der Waals surface area contributed by atoms with Crippen LogP contribution in [0.25, 0.3) is 0 Å². The first-order valence-electron chi connectivity index (χ1n) is 6.72. The van der Waals surface area contributed by atoms with Crippen molar-refractivity contribution in [3.63, 3.8) is 0 Å². The molecule has 9 heteroatoms. The van der Waals surface area contributed by atoms with E-state index in [1.165, 1.54) is 24.3 Å². The molecule has 0 saturated carbocycles. The van der Waals surface area contributed by atoms with Gasteiger partial charge in [-0.15, -0.1) is 12.4 Å². The number of rotatable bonds is 8. The zero-order valence-corrected chi connectivity index (χ0v) is 14.2. The first-order valence-corrected chi connectivity index (χ1v) is 8.38. The van der Waals surface area contributed by atoms with Gasteiger partial charge in [0, 0.05) is 24.2 Å². The van der Waals surface area contributed by atoms with E-state index in [1.807, 2.05) is 13.8 Å². The lowest BCUT2D eigenvalue weighted by atomic mass is 9.95. The fraction of sp³-hybridized carbons (Fsp3) is 0.538. The Hall–Kier alpha value is -1.22. The molecule has 0 aliphatic heterocycles. The van der Waals surface area contributed by atoms with Gasteiger partial charge in [0.15, 0.2) is 0 Å². The first-order chi connectivity index (χ1) is 9.77. The molecule has 0 bridgehead atoms. The summed E-state index contributed by atoms with van der Waals surface area (Å²) >= 11 is 0. The molecule has 126 valence electrons. The van der Waals surface area contributed by atoms with E-state index in [0.29, 0.717) is 18.4 Å². The van der Waals surface area contributed by atoms with Crippen LogP contribution >= 0.6 is 12.4 Å². The van der Waals surface area contributed by atoms with Crippen LogP contribution in [0.1, 0.15) is 32.3 Å². The minimum absolute atomic E-state index is 0. The second kappa shape index (κ2) is 8.42. The molecule has 0 aromatic heterocycles. The number of halogens is 1. The second-order valence-electron chi connectivity index (χ2n) is 4.98. The molecule has 7 nitrogen and oxygen atoms in total. The van der Waals surface area contributed by atoms with Gasteiger partial charge in [0.05, 0.1) is 10.7 Å². The van der Waals surface area contributed by atoms with Crippen LogP contribution in [0.3, 0.4) is 0 Å². The maximum Gasteiger partial charge on any atom is 0.269 e. The van der Waals surface area contributed by atoms with Crippen LogP contribution < -0.4 is 10.5 Å². The Bertz CT molecular complexity index is 578. The van der Waals surface area contributed by atoms with E-state index < -0.39 is 20.5 Å². The van der Waals surface area contributed by atoms with Crippen LogP contribution in [0.15, 0.2) is 24.3 Å². The molecule has 0 heterocycles. The summed E-state index contributed by atoms with van der Waals surface area (Å²) in [5.41, 5.74) is 5.47. The number of hydrogen-bond acceptors (Lipinski definition) is 5. The van der Waals surface area contributed by atoms with E-state index in [1.54, 1.807) is 0 Å². The third-order valence-corrected chi connectivity index (χ3v) is 5.08. The van der Waals surface area contributed by atoms with E-state index >= 15 is 0 Å². The van der Waals surface area contributed by atoms with Crippen LogP contribution in [-0.4, -0.2) is 25.4 Å². The molecular weight excluding hydrogens is 330 g/mol. The summed E-state index contributed by atoms with van der Waals surface area (Å²) in [6, 6.07) is 5.47. The van der Waals surface area contributed by atoms with E-state index in [0.717, 1.165) is 0 Å². The van der Waals surface area contributed by atoms with Gasteiger partial charge in [0.25, 0.3) is 5.69 Å². The number of nitrogens with two attached hydrogens (primary N) is 1. The van der Waals surface area contributed by atoms with Crippen molar-refractivity contribution < 1.29 is 13.3 Å². The lowest BCUT2D eigenvalue weighted by Gasteiger charge is -2.31. The number of hydrogen-bond donors (Lipinski definition) is 2. The van der Waals surface area contributed by atoms with Gasteiger partial charge in [0.1, 0.15) is 0 Å². The normalized spacial score (nSPS) is 11.8. The molecule has 0 radical (unpaired) electrons. The predicted octanol–water partition coefficient (Wildman–Crippen LogP) is 1.95. The van der Waals surface area contributed by atoms with Crippen LogP contribution in [0.5, 0.6) is 0 Å². The molecule has 0 aliphatic rings. The smallest absolute Gasteiger partial charge is 0.269 e. The molecule has 1 rings (SSSR count). The van der Waals surface area contributed by atoms with Crippen LogP contribution in [0, 0.1) is 10.1 Å². The zero-order chi connectivity index (χ0) is 16.1. The van der Waals surface area contributed by atoms with Gasteiger partial charge < -0.3 is 5.73 Å². The van der Waals surface area contributed by atoms with E-state index in [9.17, 15) is 18.5 Å². The molecule has 0 fully saturated rings. The number of sulfonamides is 1. The van der Waals surface area contributed by atoms with Crippen molar-refractivity contribution in [1.82, 2.24) is 4.72 Å². The highest BCUT2D eigenvalue weighted by atomic mass is 35.5. The highest BCUT2D eigenvalue weighted by Crippen LogP contribution is 2.18. The second-order valence-corrected chi connectivity index (χ2v) is 6.70. The molecule has 1 aromatic rings. The SMILES string of the molecule is CCC(CC)(CN)NS(=O)(=O)Cc1ccc([N+](=O)[O-])cc1.Cl. The Morgan fingerprint density at radius 1 is 1.23 bits per heavy atom. The van der Waals surface area contributed by atoms with E-state index in [2.05, 4.69) is 4.72 Å². The maximum atomic E-state index is 12.2. The van der Waals surface area contributed by atoms with Crippen molar-refractivity contribution >= 4 is 28.1 Å². The van der Waals surface area contributed by atoms with E-state index in [-0.39, 0.29) is 30.4 Å². The third-order valence-electron chi connectivity index (χ3n) is 3.62. The minimum atomic E-state index is -3.56. The molecule has 22 heavy (non-hydrogen) atoms. The highest BCUT2D eigenvalue weighted by molar-refractivity contribution is 7.88. The lowest BCUT2D eigenvalue weighted by molar-refractivity contribution is -0.384. The fourth-order valence-electron chi connectivity index (χ4n) is 2.02. The minimum Gasteiger partial charge on any atom is -0.329 e. The topological polar surface area (TPSA) is 115 Å². The Morgan fingerprint density at radius 3 is 2.09 bits per heavy atom. The standard InChI is InChI=1S/C13H21N3O4S.ClH/c1-3-13(4-2,10-14)15-21(19,20)9-11-5-7-12(8-6-11)16(17)18;/h5-8,15H,3-4,9-10,14H2,1-2H3;1H. The number of nitro groups is 1. The Balaban J connectivity index is 0.00000441. The quantitative estimate of drug-likeness (QED) is 0.548. The van der Waals surface area contributed by atoms with Crippen molar-refractivity contribution in [1.29, 1.82) is 0 Å². The summed E-state index contributed by atoms with van der Waals surface area (Å²) in [5, 5.41) is 10.6. The summed E-state index contributed by atoms with van der Waals surface area (Å²) in [4.78, 5) is 10.0. The molecule has 0 atom stereocenters. The van der Waals surface area contributed by atoms with Crippen molar-refractivity contribution in [3.05, 3.63) is 39.9 Å². The molecule has 1 aromatic carbocycles. The Morgan fingerprint density at radius 2 is 1.73 bits per heavy atom. The third kappa shape index (κ3) is 5.53. The zero-order valence-electron chi connectivity index (χ0n) is 12.6. The highest BCUT2D eigenvalue weighted by Gasteiger charge is 2.29. The van der Waals surface area contributed by atoms with E-state index in [4.69, 9.17) is 5.73 Å². The Labute approximate surface area is 136 Å². The molecule has 0 saturated heterocycles. The fourth-order valence-corrected chi connectivity index (χ4v) is 3.76. The van der Waals surface area contributed by atoms with Gasteiger partial charge >= 0.3 is 0 Å².